The molecule has 2 aromatic carbocycles. The number of aromatic carboxylic acids is 1. The van der Waals surface area contributed by atoms with E-state index in [-0.39, 0.29) is 29.0 Å². The second-order valence-electron chi connectivity index (χ2n) is 11.4. The normalized spacial score (nSPS) is 21.6. The lowest BCUT2D eigenvalue weighted by Gasteiger charge is -2.44. The number of amides is 1. The number of hydrogen-bond donors (Lipinski definition) is 1. The molecule has 0 radical (unpaired) electrons. The number of halogens is 1. The Hall–Kier alpha value is -2.66. The van der Waals surface area contributed by atoms with E-state index in [9.17, 15) is 14.7 Å². The molecule has 2 aliphatic rings. The lowest BCUT2D eigenvalue weighted by Crippen LogP contribution is -2.49. The van der Waals surface area contributed by atoms with E-state index in [0.29, 0.717) is 22.6 Å². The van der Waals surface area contributed by atoms with Crippen LogP contribution in [0.3, 0.4) is 0 Å². The predicted molar refractivity (Wildman–Crippen MR) is 145 cm³/mol. The Kier molecular flexibility index (Phi) is 7.89. The fraction of sp³-hybridized carbons (Fsp3) is 0.500. The van der Waals surface area contributed by atoms with Gasteiger partial charge in [-0.15, -0.1) is 0 Å². The summed E-state index contributed by atoms with van der Waals surface area (Å²) >= 11 is 6.27. The lowest BCUT2D eigenvalue weighted by atomic mass is 9.71. The quantitative estimate of drug-likeness (QED) is 0.407. The van der Waals surface area contributed by atoms with Crippen molar-refractivity contribution >= 4 is 29.2 Å². The molecule has 0 aromatic heterocycles. The van der Waals surface area contributed by atoms with E-state index in [2.05, 4.69) is 30.7 Å². The Balaban J connectivity index is 1.73. The first-order valence-electron chi connectivity index (χ1n) is 13.0. The second kappa shape index (κ2) is 10.8. The number of carboxylic acid groups (broad SMARTS) is 1. The third-order valence-corrected chi connectivity index (χ3v) is 8.18. The molecule has 0 spiro atoms. The molecule has 0 saturated heterocycles. The summed E-state index contributed by atoms with van der Waals surface area (Å²) in [5, 5.41) is 9.96. The maximum absolute atomic E-state index is 14.3. The highest BCUT2D eigenvalue weighted by atomic mass is 35.5. The molecule has 0 aliphatic heterocycles. The Morgan fingerprint density at radius 3 is 2.11 bits per heavy atom. The molecule has 2 saturated carbocycles. The average Bonchev–Trinajstić information content (AvgIpc) is 3.68. The van der Waals surface area contributed by atoms with Crippen LogP contribution in [0.5, 0.6) is 0 Å². The van der Waals surface area contributed by atoms with Gasteiger partial charge in [0.2, 0.25) is 0 Å². The Morgan fingerprint density at radius 1 is 0.972 bits per heavy atom. The first kappa shape index (κ1) is 26.4. The molecule has 1 amide bonds. The van der Waals surface area contributed by atoms with E-state index in [1.165, 1.54) is 0 Å². The molecule has 36 heavy (non-hydrogen) atoms. The van der Waals surface area contributed by atoms with Gasteiger partial charge in [-0.3, -0.25) is 9.79 Å². The molecule has 1 atom stereocenters. The minimum absolute atomic E-state index is 0.0711. The first-order chi connectivity index (χ1) is 17.1. The van der Waals surface area contributed by atoms with Crippen LogP contribution in [0, 0.1) is 17.3 Å². The van der Waals surface area contributed by atoms with Gasteiger partial charge in [0.25, 0.3) is 5.91 Å². The van der Waals surface area contributed by atoms with Gasteiger partial charge in [-0.05, 0) is 85.6 Å². The summed E-state index contributed by atoms with van der Waals surface area (Å²) in [6.45, 7) is 6.91. The van der Waals surface area contributed by atoms with Gasteiger partial charge in [0.05, 0.1) is 11.6 Å². The maximum Gasteiger partial charge on any atom is 0.335 e. The number of hydrogen-bond acceptors (Lipinski definition) is 3. The van der Waals surface area contributed by atoms with E-state index in [1.807, 2.05) is 24.3 Å². The van der Waals surface area contributed by atoms with Crippen molar-refractivity contribution in [3.8, 4) is 0 Å². The highest BCUT2D eigenvalue weighted by Gasteiger charge is 2.44. The van der Waals surface area contributed by atoms with Crippen molar-refractivity contribution in [3.63, 3.8) is 0 Å². The van der Waals surface area contributed by atoms with Crippen LogP contribution in [0.1, 0.15) is 86.8 Å². The molecule has 192 valence electrons. The number of aliphatic imine (C=N–C) groups is 1. The molecule has 6 heteroatoms. The topological polar surface area (TPSA) is 70.0 Å². The molecule has 0 bridgehead atoms. The monoisotopic (exact) mass is 508 g/mol. The van der Waals surface area contributed by atoms with E-state index >= 15 is 0 Å². The summed E-state index contributed by atoms with van der Waals surface area (Å²) in [6.07, 6.45) is 6.20. The second-order valence-corrected chi connectivity index (χ2v) is 11.8. The number of rotatable bonds is 7. The van der Waals surface area contributed by atoms with Crippen LogP contribution < -0.4 is 0 Å². The number of carbonyl (C=O) groups excluding carboxylic acids is 1. The zero-order valence-electron chi connectivity index (χ0n) is 21.7. The molecular weight excluding hydrogens is 472 g/mol. The summed E-state index contributed by atoms with van der Waals surface area (Å²) in [6, 6.07) is 14.4. The van der Waals surface area contributed by atoms with Gasteiger partial charge in [0, 0.05) is 23.7 Å². The van der Waals surface area contributed by atoms with E-state index < -0.39 is 5.97 Å². The zero-order chi connectivity index (χ0) is 26.0. The maximum atomic E-state index is 14.3. The highest BCUT2D eigenvalue weighted by Crippen LogP contribution is 2.48. The van der Waals surface area contributed by atoms with Crippen LogP contribution in [-0.4, -0.2) is 40.7 Å². The van der Waals surface area contributed by atoms with E-state index in [1.54, 1.807) is 31.3 Å². The molecular formula is C30H37ClN2O3. The number of nitrogens with zero attached hydrogens (tertiary/aromatic N) is 2. The van der Waals surface area contributed by atoms with Crippen LogP contribution in [0.4, 0.5) is 0 Å². The smallest absolute Gasteiger partial charge is 0.335 e. The van der Waals surface area contributed by atoms with Crippen molar-refractivity contribution in [3.05, 3.63) is 70.2 Å². The van der Waals surface area contributed by atoms with Crippen LogP contribution in [0.15, 0.2) is 53.5 Å². The van der Waals surface area contributed by atoms with Gasteiger partial charge in [-0.2, -0.15) is 0 Å². The van der Waals surface area contributed by atoms with Gasteiger partial charge in [0.15, 0.2) is 0 Å². The highest BCUT2D eigenvalue weighted by molar-refractivity contribution is 6.45. The molecule has 2 aliphatic carbocycles. The Labute approximate surface area is 219 Å². The van der Waals surface area contributed by atoms with Gasteiger partial charge in [-0.1, -0.05) is 56.6 Å². The first-order valence-corrected chi connectivity index (χ1v) is 13.4. The van der Waals surface area contributed by atoms with Gasteiger partial charge in [0.1, 0.15) is 5.71 Å². The summed E-state index contributed by atoms with van der Waals surface area (Å²) in [7, 11) is 1.66. The summed E-state index contributed by atoms with van der Waals surface area (Å²) in [5.74, 6) is -0.0212. The van der Waals surface area contributed by atoms with Crippen LogP contribution in [-0.2, 0) is 4.79 Å². The molecule has 5 nitrogen and oxygen atoms in total. The minimum Gasteiger partial charge on any atom is -0.478 e. The number of carbonyl (C=O) groups is 2. The van der Waals surface area contributed by atoms with Crippen molar-refractivity contribution in [2.75, 3.05) is 7.05 Å². The lowest BCUT2D eigenvalue weighted by molar-refractivity contribution is -0.131. The molecule has 1 unspecified atom stereocenters. The fourth-order valence-corrected chi connectivity index (χ4v) is 5.93. The molecule has 4 rings (SSSR count). The Bertz CT molecular complexity index is 1120. The summed E-state index contributed by atoms with van der Waals surface area (Å²) < 4.78 is 0. The third kappa shape index (κ3) is 5.83. The van der Waals surface area contributed by atoms with Crippen molar-refractivity contribution in [1.29, 1.82) is 0 Å². The van der Waals surface area contributed by atoms with Crippen LogP contribution >= 0.6 is 11.6 Å². The van der Waals surface area contributed by atoms with Gasteiger partial charge >= 0.3 is 5.97 Å². The van der Waals surface area contributed by atoms with E-state index in [0.717, 1.165) is 49.7 Å². The standard InChI is InChI=1S/C30H37ClN2O3/c1-30(2,3)23-14-16-25(17-15-23)33(28(34)26(32-4)22-6-5-7-24(31)18-22)27(19-8-9-19)20-10-12-21(13-11-20)29(35)36/h5-7,10-13,18-19,23,25,27H,8-9,14-17H2,1-4H3,(H,35,36). The Morgan fingerprint density at radius 2 is 1.61 bits per heavy atom. The summed E-state index contributed by atoms with van der Waals surface area (Å²) in [4.78, 5) is 32.3. The summed E-state index contributed by atoms with van der Waals surface area (Å²) in [5.41, 5.74) is 2.64. The molecule has 1 N–H and O–H groups in total. The number of benzene rings is 2. The predicted octanol–water partition coefficient (Wildman–Crippen LogP) is 7.04. The van der Waals surface area contributed by atoms with Crippen molar-refractivity contribution in [1.82, 2.24) is 4.90 Å². The van der Waals surface area contributed by atoms with Gasteiger partial charge < -0.3 is 10.0 Å². The van der Waals surface area contributed by atoms with Crippen molar-refractivity contribution in [2.24, 2.45) is 22.2 Å². The zero-order valence-corrected chi connectivity index (χ0v) is 22.5. The molecule has 0 heterocycles. The largest absolute Gasteiger partial charge is 0.478 e. The van der Waals surface area contributed by atoms with Crippen LogP contribution in [0.25, 0.3) is 0 Å². The average molecular weight is 509 g/mol. The third-order valence-electron chi connectivity index (χ3n) is 7.94. The van der Waals surface area contributed by atoms with Gasteiger partial charge in [-0.25, -0.2) is 4.79 Å². The minimum atomic E-state index is -0.945. The SMILES string of the molecule is CN=C(C(=O)N(C1CCC(C(C)(C)C)CC1)C(c1ccc(C(=O)O)cc1)C1CC1)c1cccc(Cl)c1. The number of carboxylic acids is 1. The van der Waals surface area contributed by atoms with Crippen molar-refractivity contribution in [2.45, 2.75) is 71.4 Å². The van der Waals surface area contributed by atoms with Crippen molar-refractivity contribution < 1.29 is 14.7 Å². The van der Waals surface area contributed by atoms with Crippen LogP contribution in [0.2, 0.25) is 5.02 Å². The fourth-order valence-electron chi connectivity index (χ4n) is 5.74. The van der Waals surface area contributed by atoms with E-state index in [4.69, 9.17) is 11.6 Å². The molecule has 2 fully saturated rings. The molecule has 2 aromatic rings.